The van der Waals surface area contributed by atoms with E-state index in [1.54, 1.807) is 24.1 Å². The highest BCUT2D eigenvalue weighted by molar-refractivity contribution is 7.21. The maximum atomic E-state index is 12.7. The lowest BCUT2D eigenvalue weighted by molar-refractivity contribution is 0.0600. The van der Waals surface area contributed by atoms with Crippen molar-refractivity contribution in [2.24, 2.45) is 0 Å². The molecule has 0 unspecified atom stereocenters. The van der Waals surface area contributed by atoms with Gasteiger partial charge in [0.1, 0.15) is 4.88 Å². The maximum Gasteiger partial charge on any atom is 0.337 e. The first-order valence-corrected chi connectivity index (χ1v) is 8.80. The molecule has 0 radical (unpaired) electrons. The van der Waals surface area contributed by atoms with Gasteiger partial charge < -0.3 is 9.64 Å². The second-order valence-electron chi connectivity index (χ2n) is 5.59. The molecule has 2 aromatic carbocycles. The Labute approximate surface area is 154 Å². The molecule has 1 heterocycles. The van der Waals surface area contributed by atoms with E-state index in [-0.39, 0.29) is 11.9 Å². The summed E-state index contributed by atoms with van der Waals surface area (Å²) in [7, 11) is 3.08. The molecule has 0 aliphatic heterocycles. The number of rotatable bonds is 4. The Morgan fingerprint density at radius 2 is 1.80 bits per heavy atom. The van der Waals surface area contributed by atoms with E-state index in [0.29, 0.717) is 22.0 Å². The average molecular weight is 374 g/mol. The molecule has 0 saturated heterocycles. The average Bonchev–Trinajstić information content (AvgIpc) is 2.98. The summed E-state index contributed by atoms with van der Waals surface area (Å²) < 4.78 is 5.67. The first-order chi connectivity index (χ1) is 12.0. The number of benzene rings is 2. The quantitative estimate of drug-likeness (QED) is 0.627. The first kappa shape index (κ1) is 17.5. The van der Waals surface area contributed by atoms with Gasteiger partial charge in [-0.05, 0) is 23.8 Å². The minimum atomic E-state index is -0.381. The van der Waals surface area contributed by atoms with Crippen LogP contribution >= 0.6 is 22.9 Å². The highest BCUT2D eigenvalue weighted by Gasteiger charge is 2.20. The summed E-state index contributed by atoms with van der Waals surface area (Å²) in [6, 6.07) is 14.7. The van der Waals surface area contributed by atoms with E-state index in [9.17, 15) is 9.59 Å². The van der Waals surface area contributed by atoms with Gasteiger partial charge in [-0.2, -0.15) is 0 Å². The van der Waals surface area contributed by atoms with Crippen molar-refractivity contribution in [3.8, 4) is 0 Å². The second kappa shape index (κ2) is 7.25. The fourth-order valence-electron chi connectivity index (χ4n) is 2.53. The predicted molar refractivity (Wildman–Crippen MR) is 100 cm³/mol. The topological polar surface area (TPSA) is 46.6 Å². The van der Waals surface area contributed by atoms with Crippen molar-refractivity contribution in [3.05, 3.63) is 69.6 Å². The third kappa shape index (κ3) is 3.52. The van der Waals surface area contributed by atoms with Crippen molar-refractivity contribution in [2.75, 3.05) is 14.2 Å². The van der Waals surface area contributed by atoms with Crippen LogP contribution in [0.25, 0.3) is 10.1 Å². The first-order valence-electron chi connectivity index (χ1n) is 7.61. The number of halogens is 1. The van der Waals surface area contributed by atoms with Gasteiger partial charge in [-0.1, -0.05) is 41.9 Å². The van der Waals surface area contributed by atoms with Gasteiger partial charge in [0.2, 0.25) is 0 Å². The van der Waals surface area contributed by atoms with E-state index in [0.717, 1.165) is 15.6 Å². The molecule has 0 fully saturated rings. The molecule has 0 N–H and O–H groups in total. The number of ether oxygens (including phenoxy) is 1. The zero-order chi connectivity index (χ0) is 18.0. The second-order valence-corrected chi connectivity index (χ2v) is 7.02. The van der Waals surface area contributed by atoms with Gasteiger partial charge >= 0.3 is 5.97 Å². The van der Waals surface area contributed by atoms with E-state index in [1.807, 2.05) is 36.4 Å². The number of carbonyl (C=O) groups excluding carboxylic acids is 2. The lowest BCUT2D eigenvalue weighted by Crippen LogP contribution is -2.25. The molecule has 3 aromatic rings. The standard InChI is InChI=1S/C19H16ClNO3S/c1-21(11-12-7-9-13(10-8-12)19(23)24-2)18(22)17-16(20)14-5-3-4-6-15(14)25-17/h3-10H,11H2,1-2H3. The number of thiophene rings is 1. The smallest absolute Gasteiger partial charge is 0.337 e. The molecule has 1 aromatic heterocycles. The molecule has 0 spiro atoms. The highest BCUT2D eigenvalue weighted by Crippen LogP contribution is 2.35. The Morgan fingerprint density at radius 3 is 2.44 bits per heavy atom. The Balaban J connectivity index is 1.78. The van der Waals surface area contributed by atoms with Gasteiger partial charge in [-0.15, -0.1) is 11.3 Å². The number of amides is 1. The molecule has 3 rings (SSSR count). The molecule has 0 bridgehead atoms. The van der Waals surface area contributed by atoms with Gasteiger partial charge in [0.25, 0.3) is 5.91 Å². The summed E-state index contributed by atoms with van der Waals surface area (Å²) in [6.45, 7) is 0.421. The number of carbonyl (C=O) groups is 2. The van der Waals surface area contributed by atoms with Gasteiger partial charge in [0, 0.05) is 23.7 Å². The molecule has 0 saturated carbocycles. The summed E-state index contributed by atoms with van der Waals surface area (Å²) in [6.07, 6.45) is 0. The molecule has 0 aliphatic rings. The van der Waals surface area contributed by atoms with Crippen LogP contribution in [0, 0.1) is 0 Å². The van der Waals surface area contributed by atoms with Crippen molar-refractivity contribution in [3.63, 3.8) is 0 Å². The SMILES string of the molecule is COC(=O)c1ccc(CN(C)C(=O)c2sc3ccccc3c2Cl)cc1. The van der Waals surface area contributed by atoms with Crippen molar-refractivity contribution in [1.29, 1.82) is 0 Å². The van der Waals surface area contributed by atoms with Crippen LogP contribution < -0.4 is 0 Å². The largest absolute Gasteiger partial charge is 0.465 e. The van der Waals surface area contributed by atoms with Crippen LogP contribution in [0.3, 0.4) is 0 Å². The summed E-state index contributed by atoms with van der Waals surface area (Å²) in [5.74, 6) is -0.503. The Kier molecular flexibility index (Phi) is 5.06. The normalized spacial score (nSPS) is 10.7. The lowest BCUT2D eigenvalue weighted by atomic mass is 10.1. The van der Waals surface area contributed by atoms with Crippen LogP contribution in [0.2, 0.25) is 5.02 Å². The van der Waals surface area contributed by atoms with Crippen LogP contribution in [0.4, 0.5) is 0 Å². The molecule has 1 amide bonds. The third-order valence-corrected chi connectivity index (χ3v) is 5.53. The van der Waals surface area contributed by atoms with E-state index in [2.05, 4.69) is 4.74 Å². The zero-order valence-corrected chi connectivity index (χ0v) is 15.4. The van der Waals surface area contributed by atoms with Gasteiger partial charge in [0.15, 0.2) is 0 Å². The van der Waals surface area contributed by atoms with Crippen LogP contribution in [-0.2, 0) is 11.3 Å². The molecule has 6 heteroatoms. The minimum absolute atomic E-state index is 0.122. The van der Waals surface area contributed by atoms with Crippen LogP contribution in [0.15, 0.2) is 48.5 Å². The molecule has 25 heavy (non-hydrogen) atoms. The minimum Gasteiger partial charge on any atom is -0.465 e. The number of hydrogen-bond donors (Lipinski definition) is 0. The van der Waals surface area contributed by atoms with Crippen LogP contribution in [0.5, 0.6) is 0 Å². The molecular formula is C19H16ClNO3S. The number of nitrogens with zero attached hydrogens (tertiary/aromatic N) is 1. The number of hydrogen-bond acceptors (Lipinski definition) is 4. The van der Waals surface area contributed by atoms with E-state index < -0.39 is 0 Å². The molecule has 0 atom stereocenters. The molecule has 4 nitrogen and oxygen atoms in total. The lowest BCUT2D eigenvalue weighted by Gasteiger charge is -2.16. The molecular weight excluding hydrogens is 358 g/mol. The van der Waals surface area contributed by atoms with Crippen LogP contribution in [-0.4, -0.2) is 30.9 Å². The number of esters is 1. The summed E-state index contributed by atoms with van der Waals surface area (Å²) in [5, 5.41) is 1.40. The Bertz CT molecular complexity index is 933. The van der Waals surface area contributed by atoms with Crippen LogP contribution in [0.1, 0.15) is 25.6 Å². The Morgan fingerprint density at radius 1 is 1.12 bits per heavy atom. The fraction of sp³-hybridized carbons (Fsp3) is 0.158. The van der Waals surface area contributed by atoms with E-state index in [4.69, 9.17) is 11.6 Å². The van der Waals surface area contributed by atoms with E-state index in [1.165, 1.54) is 18.4 Å². The zero-order valence-electron chi connectivity index (χ0n) is 13.8. The van der Waals surface area contributed by atoms with Gasteiger partial charge in [-0.3, -0.25) is 4.79 Å². The molecule has 128 valence electrons. The summed E-state index contributed by atoms with van der Waals surface area (Å²) in [5.41, 5.74) is 1.40. The van der Waals surface area contributed by atoms with Gasteiger partial charge in [0.05, 0.1) is 17.7 Å². The predicted octanol–water partition coefficient (Wildman–Crippen LogP) is 4.61. The van der Waals surface area contributed by atoms with Crippen molar-refractivity contribution in [2.45, 2.75) is 6.54 Å². The monoisotopic (exact) mass is 373 g/mol. The third-order valence-electron chi connectivity index (χ3n) is 3.87. The van der Waals surface area contributed by atoms with Crippen molar-refractivity contribution in [1.82, 2.24) is 4.90 Å². The fourth-order valence-corrected chi connectivity index (χ4v) is 4.04. The summed E-state index contributed by atoms with van der Waals surface area (Å²) in [4.78, 5) is 26.4. The Hall–Kier alpha value is -2.37. The van der Waals surface area contributed by atoms with Crippen molar-refractivity contribution >= 4 is 44.9 Å². The molecule has 0 aliphatic carbocycles. The maximum absolute atomic E-state index is 12.7. The number of fused-ring (bicyclic) bond motifs is 1. The summed E-state index contributed by atoms with van der Waals surface area (Å²) >= 11 is 7.78. The number of methoxy groups -OCH3 is 1. The highest BCUT2D eigenvalue weighted by atomic mass is 35.5. The van der Waals surface area contributed by atoms with Gasteiger partial charge in [-0.25, -0.2) is 4.79 Å². The van der Waals surface area contributed by atoms with E-state index >= 15 is 0 Å². The van der Waals surface area contributed by atoms with Crippen molar-refractivity contribution < 1.29 is 14.3 Å².